The highest BCUT2D eigenvalue weighted by atomic mass is 19.1. The molecular formula is C17H23FN4O6. The molecular weight excluding hydrogens is 375 g/mol. The van der Waals surface area contributed by atoms with Crippen molar-refractivity contribution in [3.8, 4) is 5.75 Å². The highest BCUT2D eigenvalue weighted by Crippen LogP contribution is 2.38. The molecule has 0 aliphatic rings. The predicted octanol–water partition coefficient (Wildman–Crippen LogP) is 2.33. The van der Waals surface area contributed by atoms with Crippen LogP contribution in [-0.2, 0) is 4.74 Å². The second kappa shape index (κ2) is 9.53. The van der Waals surface area contributed by atoms with Crippen LogP contribution in [0, 0.1) is 15.9 Å². The number of carbonyl (C=O) groups excluding carboxylic acids is 2. The van der Waals surface area contributed by atoms with Gasteiger partial charge in [0, 0.05) is 13.1 Å². The van der Waals surface area contributed by atoms with Crippen molar-refractivity contribution < 1.29 is 28.4 Å². The lowest BCUT2D eigenvalue weighted by molar-refractivity contribution is -0.386. The summed E-state index contributed by atoms with van der Waals surface area (Å²) >= 11 is 0. The number of amides is 2. The van der Waals surface area contributed by atoms with Crippen molar-refractivity contribution in [3.63, 3.8) is 0 Å². The third-order valence-electron chi connectivity index (χ3n) is 3.20. The number of hydrogen-bond acceptors (Lipinski definition) is 7. The number of ether oxygens (including phenoxy) is 2. The normalized spacial score (nSPS) is 11.2. The first-order valence-electron chi connectivity index (χ1n) is 8.18. The van der Waals surface area contributed by atoms with Crippen LogP contribution >= 0.6 is 0 Å². The van der Waals surface area contributed by atoms with E-state index in [1.807, 2.05) is 0 Å². The molecule has 10 nitrogen and oxygen atoms in total. The minimum absolute atomic E-state index is 0.0581. The van der Waals surface area contributed by atoms with Crippen molar-refractivity contribution in [1.29, 1.82) is 0 Å². The van der Waals surface area contributed by atoms with Gasteiger partial charge in [-0.25, -0.2) is 4.79 Å². The molecule has 11 heteroatoms. The van der Waals surface area contributed by atoms with Crippen LogP contribution in [0.4, 0.5) is 20.6 Å². The van der Waals surface area contributed by atoms with Crippen LogP contribution in [0.15, 0.2) is 18.2 Å². The number of nitrogens with one attached hydrogen (secondary N) is 2. The van der Waals surface area contributed by atoms with Crippen LogP contribution in [0.2, 0.25) is 0 Å². The van der Waals surface area contributed by atoms with E-state index in [0.717, 1.165) is 6.07 Å². The number of methoxy groups -OCH3 is 1. The number of nitrogens with zero attached hydrogens (tertiary/aromatic N) is 1. The Labute approximate surface area is 161 Å². The van der Waals surface area contributed by atoms with Crippen LogP contribution < -0.4 is 21.1 Å². The SMILES string of the molecule is COc1cc(C(N)=O)c(F)c([N+](=O)[O-])c1NCC=CCNC(=O)OC(C)(C)C. The number of halogens is 1. The molecule has 2 amide bonds. The molecule has 4 N–H and O–H groups in total. The summed E-state index contributed by atoms with van der Waals surface area (Å²) in [5, 5.41) is 16.4. The fourth-order valence-electron chi connectivity index (χ4n) is 2.09. The van der Waals surface area contributed by atoms with Crippen molar-refractivity contribution in [1.82, 2.24) is 5.32 Å². The van der Waals surface area contributed by atoms with E-state index < -0.39 is 39.6 Å². The Balaban J connectivity index is 2.84. The number of anilines is 1. The topological polar surface area (TPSA) is 146 Å². The maximum Gasteiger partial charge on any atom is 0.407 e. The molecule has 0 fully saturated rings. The summed E-state index contributed by atoms with van der Waals surface area (Å²) in [6.07, 6.45) is 2.54. The Morgan fingerprint density at radius 2 is 1.93 bits per heavy atom. The van der Waals surface area contributed by atoms with Gasteiger partial charge >= 0.3 is 11.8 Å². The predicted molar refractivity (Wildman–Crippen MR) is 100.0 cm³/mol. The molecule has 0 aromatic heterocycles. The summed E-state index contributed by atoms with van der Waals surface area (Å²) in [7, 11) is 1.22. The third kappa shape index (κ3) is 6.41. The van der Waals surface area contributed by atoms with Gasteiger partial charge in [-0.2, -0.15) is 4.39 Å². The average Bonchev–Trinajstić information content (AvgIpc) is 2.55. The van der Waals surface area contributed by atoms with Crippen LogP contribution in [0.3, 0.4) is 0 Å². The number of benzene rings is 1. The van der Waals surface area contributed by atoms with Crippen LogP contribution in [0.25, 0.3) is 0 Å². The van der Waals surface area contributed by atoms with Gasteiger partial charge in [-0.05, 0) is 26.8 Å². The van der Waals surface area contributed by atoms with E-state index >= 15 is 0 Å². The smallest absolute Gasteiger partial charge is 0.407 e. The summed E-state index contributed by atoms with van der Waals surface area (Å²) in [6, 6.07) is 0.987. The van der Waals surface area contributed by atoms with Crippen LogP contribution in [0.1, 0.15) is 31.1 Å². The van der Waals surface area contributed by atoms with Crippen LogP contribution in [0.5, 0.6) is 5.75 Å². The molecule has 0 radical (unpaired) electrons. The molecule has 0 spiro atoms. The second-order valence-electron chi connectivity index (χ2n) is 6.52. The molecule has 0 saturated carbocycles. The Morgan fingerprint density at radius 3 is 2.43 bits per heavy atom. The first-order chi connectivity index (χ1) is 13.0. The number of primary amides is 1. The summed E-state index contributed by atoms with van der Waals surface area (Å²) in [5.74, 6) is -2.61. The molecule has 0 unspecified atom stereocenters. The summed E-state index contributed by atoms with van der Waals surface area (Å²) in [5.41, 5.74) is 2.59. The number of alkyl carbamates (subject to hydrolysis) is 1. The Morgan fingerprint density at radius 1 is 1.32 bits per heavy atom. The molecule has 0 bridgehead atoms. The van der Waals surface area contributed by atoms with Gasteiger partial charge < -0.3 is 25.8 Å². The average molecular weight is 398 g/mol. The standard InChI is InChI=1S/C17H23FN4O6/c1-17(2,3)28-16(24)21-8-6-5-7-20-13-11(27-4)9-10(15(19)23)12(18)14(13)22(25)26/h5-6,9,20H,7-8H2,1-4H3,(H2,19,23)(H,21,24). The monoisotopic (exact) mass is 398 g/mol. The quantitative estimate of drug-likeness (QED) is 0.346. The molecule has 0 heterocycles. The number of rotatable bonds is 8. The van der Waals surface area contributed by atoms with Crippen molar-refractivity contribution >= 4 is 23.4 Å². The van der Waals surface area contributed by atoms with Gasteiger partial charge in [0.15, 0.2) is 5.69 Å². The van der Waals surface area contributed by atoms with Crippen molar-refractivity contribution in [2.75, 3.05) is 25.5 Å². The van der Waals surface area contributed by atoms with E-state index in [1.54, 1.807) is 32.9 Å². The zero-order valence-electron chi connectivity index (χ0n) is 16.0. The second-order valence-corrected chi connectivity index (χ2v) is 6.52. The Bertz CT molecular complexity index is 789. The number of nitro benzene ring substituents is 1. The van der Waals surface area contributed by atoms with Gasteiger partial charge in [-0.15, -0.1) is 0 Å². The molecule has 28 heavy (non-hydrogen) atoms. The van der Waals surface area contributed by atoms with Gasteiger partial charge in [-0.3, -0.25) is 14.9 Å². The summed E-state index contributed by atoms with van der Waals surface area (Å²) in [6.45, 7) is 5.41. The van der Waals surface area contributed by atoms with Gasteiger partial charge in [0.25, 0.3) is 5.91 Å². The lowest BCUT2D eigenvalue weighted by Crippen LogP contribution is -2.32. The highest BCUT2D eigenvalue weighted by molar-refractivity contribution is 5.96. The fraction of sp³-hybridized carbons (Fsp3) is 0.412. The first kappa shape index (κ1) is 22.7. The minimum Gasteiger partial charge on any atom is -0.494 e. The van der Waals surface area contributed by atoms with Crippen LogP contribution in [-0.4, -0.2) is 42.7 Å². The molecule has 0 aliphatic heterocycles. The van der Waals surface area contributed by atoms with Crippen molar-refractivity contribution in [2.45, 2.75) is 26.4 Å². The van der Waals surface area contributed by atoms with Crippen molar-refractivity contribution in [3.05, 3.63) is 39.7 Å². The summed E-state index contributed by atoms with van der Waals surface area (Å²) in [4.78, 5) is 33.0. The van der Waals surface area contributed by atoms with E-state index in [1.165, 1.54) is 7.11 Å². The van der Waals surface area contributed by atoms with Gasteiger partial charge in [0.2, 0.25) is 5.82 Å². The minimum atomic E-state index is -1.35. The largest absolute Gasteiger partial charge is 0.494 e. The van der Waals surface area contributed by atoms with E-state index in [0.29, 0.717) is 0 Å². The number of nitrogens with two attached hydrogens (primary N) is 1. The zero-order valence-corrected chi connectivity index (χ0v) is 16.0. The molecule has 0 aliphatic carbocycles. The molecule has 1 rings (SSSR count). The number of hydrogen-bond donors (Lipinski definition) is 3. The Hall–Kier alpha value is -3.37. The van der Waals surface area contributed by atoms with Crippen molar-refractivity contribution in [2.24, 2.45) is 5.73 Å². The van der Waals surface area contributed by atoms with Gasteiger partial charge in [0.1, 0.15) is 11.4 Å². The zero-order chi connectivity index (χ0) is 21.5. The summed E-state index contributed by atoms with van der Waals surface area (Å²) < 4.78 is 24.3. The van der Waals surface area contributed by atoms with E-state index in [4.69, 9.17) is 15.2 Å². The molecule has 1 aromatic carbocycles. The van der Waals surface area contributed by atoms with E-state index in [2.05, 4.69) is 10.6 Å². The molecule has 0 atom stereocenters. The molecule has 0 saturated heterocycles. The fourth-order valence-corrected chi connectivity index (χ4v) is 2.09. The molecule has 1 aromatic rings. The maximum absolute atomic E-state index is 14.3. The molecule has 154 valence electrons. The van der Waals surface area contributed by atoms with E-state index in [-0.39, 0.29) is 24.5 Å². The maximum atomic E-state index is 14.3. The first-order valence-corrected chi connectivity index (χ1v) is 8.18. The Kier molecular flexibility index (Phi) is 7.72. The third-order valence-corrected chi connectivity index (χ3v) is 3.20. The van der Waals surface area contributed by atoms with E-state index in [9.17, 15) is 24.1 Å². The van der Waals surface area contributed by atoms with Gasteiger partial charge in [-0.1, -0.05) is 12.2 Å². The number of nitro groups is 1. The van der Waals surface area contributed by atoms with Gasteiger partial charge in [0.05, 0.1) is 17.6 Å². The number of carbonyl (C=O) groups is 2. The highest BCUT2D eigenvalue weighted by Gasteiger charge is 2.29. The lowest BCUT2D eigenvalue weighted by atomic mass is 10.1. The lowest BCUT2D eigenvalue weighted by Gasteiger charge is -2.19.